The number of nitrogens with two attached hydrogens (primary N) is 1. The summed E-state index contributed by atoms with van der Waals surface area (Å²) in [6.07, 6.45) is -7.85. The lowest BCUT2D eigenvalue weighted by atomic mass is 10.1. The molecule has 0 bridgehead atoms. The first kappa shape index (κ1) is 28.3. The Hall–Kier alpha value is -1.27. The fourth-order valence-corrected chi connectivity index (χ4v) is 5.48. The standard InChI is InChI=1S/C16H26N2O15P2/c17-14(23)7-2-1-3-18(4-7)15-12(21)10(19)8(31-15)5-29-34(25,26)33-35(27,28)30-6-9-11(20)13(22)16(24)32-9/h1,3-4,8-13,15-16,19-22,24H,2,5-6H2,(H2,17,23)(H,25,26)(H,27,28)/t8-,9-,10-,11-,12-,13-,15-,16-/m1/s1. The molecular weight excluding hydrogens is 522 g/mol. The zero-order valence-electron chi connectivity index (χ0n) is 17.8. The van der Waals surface area contributed by atoms with E-state index >= 15 is 0 Å². The molecule has 0 radical (unpaired) electrons. The van der Waals surface area contributed by atoms with Gasteiger partial charge in [-0.1, -0.05) is 6.08 Å². The summed E-state index contributed by atoms with van der Waals surface area (Å²) < 4.78 is 47.3. The van der Waals surface area contributed by atoms with E-state index in [0.717, 1.165) is 0 Å². The van der Waals surface area contributed by atoms with Crippen molar-refractivity contribution in [2.45, 2.75) is 55.6 Å². The highest BCUT2D eigenvalue weighted by atomic mass is 31.3. The van der Waals surface area contributed by atoms with E-state index < -0.39 is 83.9 Å². The normalized spacial score (nSPS) is 38.7. The van der Waals surface area contributed by atoms with Crippen molar-refractivity contribution < 1.29 is 72.1 Å². The molecule has 0 aromatic heterocycles. The molecule has 0 aliphatic carbocycles. The Morgan fingerprint density at radius 3 is 2.03 bits per heavy atom. The maximum Gasteiger partial charge on any atom is 0.481 e. The third kappa shape index (κ3) is 6.94. The Bertz CT molecular complexity index is 946. The molecule has 0 aromatic rings. The monoisotopic (exact) mass is 548 g/mol. The number of primary amides is 1. The van der Waals surface area contributed by atoms with Crippen LogP contribution in [0, 0.1) is 0 Å². The largest absolute Gasteiger partial charge is 0.481 e. The minimum atomic E-state index is -5.30. The van der Waals surface area contributed by atoms with Gasteiger partial charge < -0.3 is 55.4 Å². The molecule has 3 aliphatic rings. The van der Waals surface area contributed by atoms with Gasteiger partial charge in [0.2, 0.25) is 5.91 Å². The third-order valence-electron chi connectivity index (χ3n) is 5.22. The molecule has 200 valence electrons. The molecule has 3 rings (SSSR count). The van der Waals surface area contributed by atoms with Gasteiger partial charge in [-0.2, -0.15) is 4.31 Å². The zero-order chi connectivity index (χ0) is 26.1. The van der Waals surface area contributed by atoms with Crippen molar-refractivity contribution in [1.82, 2.24) is 4.90 Å². The molecule has 2 unspecified atom stereocenters. The number of phosphoric ester groups is 2. The minimum absolute atomic E-state index is 0.198. The second kappa shape index (κ2) is 11.0. The van der Waals surface area contributed by atoms with Gasteiger partial charge in [-0.25, -0.2) is 9.13 Å². The van der Waals surface area contributed by atoms with Crippen molar-refractivity contribution in [2.75, 3.05) is 13.2 Å². The number of aliphatic hydroxyl groups is 5. The first-order chi connectivity index (χ1) is 16.2. The van der Waals surface area contributed by atoms with Crippen LogP contribution in [0.3, 0.4) is 0 Å². The molecule has 17 nitrogen and oxygen atoms in total. The van der Waals surface area contributed by atoms with Crippen LogP contribution in [0.4, 0.5) is 0 Å². The summed E-state index contributed by atoms with van der Waals surface area (Å²) in [5, 5.41) is 48.7. The van der Waals surface area contributed by atoms with Crippen LogP contribution < -0.4 is 5.73 Å². The van der Waals surface area contributed by atoms with Gasteiger partial charge in [0.15, 0.2) is 12.5 Å². The predicted octanol–water partition coefficient (Wildman–Crippen LogP) is -3.29. The summed E-state index contributed by atoms with van der Waals surface area (Å²) in [6, 6.07) is 0. The Balaban J connectivity index is 1.53. The highest BCUT2D eigenvalue weighted by Gasteiger charge is 2.47. The summed E-state index contributed by atoms with van der Waals surface area (Å²) in [6.45, 7) is -1.79. The molecule has 3 aliphatic heterocycles. The van der Waals surface area contributed by atoms with Gasteiger partial charge in [0, 0.05) is 18.0 Å². The van der Waals surface area contributed by atoms with Gasteiger partial charge in [-0.15, -0.1) is 0 Å². The van der Waals surface area contributed by atoms with Gasteiger partial charge in [-0.05, 0) is 6.42 Å². The summed E-state index contributed by atoms with van der Waals surface area (Å²) in [5.41, 5.74) is 5.43. The molecule has 0 aromatic carbocycles. The number of phosphoric acid groups is 2. The number of amides is 1. The highest BCUT2D eigenvalue weighted by Crippen LogP contribution is 2.60. The molecule has 1 amide bonds. The van der Waals surface area contributed by atoms with Crippen molar-refractivity contribution in [3.8, 4) is 0 Å². The first-order valence-electron chi connectivity index (χ1n) is 10.0. The number of allylic oxidation sites excluding steroid dienone is 1. The Morgan fingerprint density at radius 2 is 1.51 bits per heavy atom. The molecule has 0 spiro atoms. The zero-order valence-corrected chi connectivity index (χ0v) is 19.6. The van der Waals surface area contributed by atoms with Crippen molar-refractivity contribution in [1.29, 1.82) is 0 Å². The van der Waals surface area contributed by atoms with Gasteiger partial charge >= 0.3 is 15.6 Å². The fraction of sp³-hybridized carbons (Fsp3) is 0.688. The molecule has 19 heteroatoms. The van der Waals surface area contributed by atoms with Crippen molar-refractivity contribution in [2.24, 2.45) is 5.73 Å². The first-order valence-corrected chi connectivity index (χ1v) is 13.0. The number of hydrogen-bond donors (Lipinski definition) is 8. The minimum Gasteiger partial charge on any atom is -0.387 e. The second-order valence-electron chi connectivity index (χ2n) is 7.76. The van der Waals surface area contributed by atoms with Gasteiger partial charge in [0.1, 0.15) is 36.6 Å². The van der Waals surface area contributed by atoms with Crippen LogP contribution in [0.25, 0.3) is 0 Å². The number of aliphatic hydroxyl groups excluding tert-OH is 5. The maximum atomic E-state index is 12.1. The maximum absolute atomic E-state index is 12.1. The Labute approximate surface area is 197 Å². The van der Waals surface area contributed by atoms with Crippen LogP contribution in [-0.4, -0.2) is 108 Å². The number of carbonyl (C=O) groups excluding carboxylic acids is 1. The summed E-state index contributed by atoms with van der Waals surface area (Å²) in [5.74, 6) is -0.706. The van der Waals surface area contributed by atoms with Crippen LogP contribution in [-0.2, 0) is 36.8 Å². The predicted molar refractivity (Wildman–Crippen MR) is 109 cm³/mol. The number of nitrogens with zero attached hydrogens (tertiary/aromatic N) is 1. The number of hydrogen-bond acceptors (Lipinski definition) is 14. The van der Waals surface area contributed by atoms with E-state index in [1.165, 1.54) is 17.3 Å². The van der Waals surface area contributed by atoms with Crippen molar-refractivity contribution >= 4 is 21.6 Å². The summed E-state index contributed by atoms with van der Waals surface area (Å²) in [4.78, 5) is 32.0. The molecular formula is C16H26N2O15P2. The number of ether oxygens (including phenoxy) is 2. The quantitative estimate of drug-likeness (QED) is 0.124. The van der Waals surface area contributed by atoms with Crippen LogP contribution in [0.5, 0.6) is 0 Å². The molecule has 9 N–H and O–H groups in total. The van der Waals surface area contributed by atoms with E-state index in [0.29, 0.717) is 0 Å². The Morgan fingerprint density at radius 1 is 0.971 bits per heavy atom. The van der Waals surface area contributed by atoms with Crippen LogP contribution in [0.2, 0.25) is 0 Å². The lowest BCUT2D eigenvalue weighted by Crippen LogP contribution is -2.40. The molecule has 10 atom stereocenters. The van der Waals surface area contributed by atoms with E-state index in [2.05, 4.69) is 13.4 Å². The van der Waals surface area contributed by atoms with Crippen molar-refractivity contribution in [3.63, 3.8) is 0 Å². The average Bonchev–Trinajstić information content (AvgIpc) is 3.20. The van der Waals surface area contributed by atoms with Crippen LogP contribution in [0.1, 0.15) is 6.42 Å². The fourth-order valence-electron chi connectivity index (χ4n) is 3.39. The topological polar surface area (TPSA) is 268 Å². The lowest BCUT2D eigenvalue weighted by Gasteiger charge is -2.28. The van der Waals surface area contributed by atoms with E-state index in [9.17, 15) is 49.2 Å². The smallest absolute Gasteiger partial charge is 0.387 e. The molecule has 2 saturated heterocycles. The number of carbonyl (C=O) groups is 1. The van der Waals surface area contributed by atoms with Gasteiger partial charge in [0.05, 0.1) is 13.2 Å². The second-order valence-corrected chi connectivity index (χ2v) is 10.8. The van der Waals surface area contributed by atoms with Gasteiger partial charge in [-0.3, -0.25) is 13.8 Å². The van der Waals surface area contributed by atoms with E-state index in [4.69, 9.17) is 15.2 Å². The molecule has 0 saturated carbocycles. The van der Waals surface area contributed by atoms with E-state index in [-0.39, 0.29) is 12.0 Å². The third-order valence-corrected chi connectivity index (χ3v) is 7.82. The van der Waals surface area contributed by atoms with Gasteiger partial charge in [0.25, 0.3) is 0 Å². The summed E-state index contributed by atoms with van der Waals surface area (Å²) >= 11 is 0. The summed E-state index contributed by atoms with van der Waals surface area (Å²) in [7, 11) is -10.6. The molecule has 3 heterocycles. The van der Waals surface area contributed by atoms with Crippen LogP contribution >= 0.6 is 15.6 Å². The van der Waals surface area contributed by atoms with E-state index in [1.807, 2.05) is 0 Å². The Kier molecular flexibility index (Phi) is 8.90. The van der Waals surface area contributed by atoms with Crippen molar-refractivity contribution in [3.05, 3.63) is 24.0 Å². The highest BCUT2D eigenvalue weighted by molar-refractivity contribution is 7.61. The van der Waals surface area contributed by atoms with E-state index in [1.54, 1.807) is 6.08 Å². The average molecular weight is 548 g/mol. The number of rotatable bonds is 10. The molecule has 35 heavy (non-hydrogen) atoms. The van der Waals surface area contributed by atoms with Crippen LogP contribution in [0.15, 0.2) is 24.0 Å². The SMILES string of the molecule is NC(=O)C1=CN([C@@H]2O[C@H](COP(=O)(O)OP(=O)(O)OC[C@H]3O[C@@H](O)[C@H](O)[C@@H]3O)[C@@H](O)[C@H]2O)C=CC1. The molecule has 2 fully saturated rings. The lowest BCUT2D eigenvalue weighted by molar-refractivity contribution is -0.132.